The van der Waals surface area contributed by atoms with E-state index in [4.69, 9.17) is 9.47 Å². The standard InChI is InChI=1S/C17H21N3O3/c1-4-8-19-17(21)12-7-9-18-16(10-12)20-14-6-5-13(22-2)11-15(14)23-3/h5-7,9-11H,4,8H2,1-3H3,(H,18,20)(H,19,21). The van der Waals surface area contributed by atoms with Gasteiger partial charge in [0.15, 0.2) is 0 Å². The number of nitrogens with zero attached hydrogens (tertiary/aromatic N) is 1. The zero-order valence-corrected chi connectivity index (χ0v) is 13.6. The maximum Gasteiger partial charge on any atom is 0.251 e. The van der Waals surface area contributed by atoms with Crippen molar-refractivity contribution in [3.8, 4) is 11.5 Å². The summed E-state index contributed by atoms with van der Waals surface area (Å²) >= 11 is 0. The van der Waals surface area contributed by atoms with Crippen molar-refractivity contribution in [2.75, 3.05) is 26.1 Å². The third kappa shape index (κ3) is 4.35. The first-order valence-electron chi connectivity index (χ1n) is 7.41. The quantitative estimate of drug-likeness (QED) is 0.822. The monoisotopic (exact) mass is 315 g/mol. The molecule has 0 spiro atoms. The number of aromatic nitrogens is 1. The fourth-order valence-electron chi connectivity index (χ4n) is 2.02. The van der Waals surface area contributed by atoms with Gasteiger partial charge in [-0.2, -0.15) is 0 Å². The van der Waals surface area contributed by atoms with Gasteiger partial charge in [-0.15, -0.1) is 0 Å². The zero-order chi connectivity index (χ0) is 16.7. The van der Waals surface area contributed by atoms with Crippen LogP contribution in [0.5, 0.6) is 11.5 Å². The Labute approximate surface area is 135 Å². The molecule has 2 N–H and O–H groups in total. The molecule has 1 aromatic heterocycles. The van der Waals surface area contributed by atoms with Gasteiger partial charge in [0.25, 0.3) is 5.91 Å². The summed E-state index contributed by atoms with van der Waals surface area (Å²) < 4.78 is 10.5. The fraction of sp³-hybridized carbons (Fsp3) is 0.294. The van der Waals surface area contributed by atoms with Crippen LogP contribution < -0.4 is 20.1 Å². The lowest BCUT2D eigenvalue weighted by Gasteiger charge is -2.12. The lowest BCUT2D eigenvalue weighted by molar-refractivity contribution is 0.0953. The molecule has 6 heteroatoms. The largest absolute Gasteiger partial charge is 0.497 e. The lowest BCUT2D eigenvalue weighted by atomic mass is 10.2. The highest BCUT2D eigenvalue weighted by Crippen LogP contribution is 2.31. The summed E-state index contributed by atoms with van der Waals surface area (Å²) in [4.78, 5) is 16.2. The minimum atomic E-state index is -0.112. The normalized spacial score (nSPS) is 10.0. The molecule has 0 saturated heterocycles. The maximum atomic E-state index is 12.0. The average Bonchev–Trinajstić information content (AvgIpc) is 2.60. The minimum absolute atomic E-state index is 0.112. The van der Waals surface area contributed by atoms with Crippen LogP contribution in [0.1, 0.15) is 23.7 Å². The zero-order valence-electron chi connectivity index (χ0n) is 13.6. The van der Waals surface area contributed by atoms with Crippen molar-refractivity contribution in [3.63, 3.8) is 0 Å². The Balaban J connectivity index is 2.19. The van der Waals surface area contributed by atoms with Crippen LogP contribution in [0.25, 0.3) is 0 Å². The van der Waals surface area contributed by atoms with Crippen molar-refractivity contribution in [3.05, 3.63) is 42.1 Å². The third-order valence-electron chi connectivity index (χ3n) is 3.23. The van der Waals surface area contributed by atoms with E-state index in [0.717, 1.165) is 12.1 Å². The molecule has 0 bridgehead atoms. The Morgan fingerprint density at radius 1 is 1.17 bits per heavy atom. The number of nitrogens with one attached hydrogen (secondary N) is 2. The van der Waals surface area contributed by atoms with E-state index >= 15 is 0 Å². The number of amides is 1. The first-order valence-corrected chi connectivity index (χ1v) is 7.41. The topological polar surface area (TPSA) is 72.5 Å². The number of ether oxygens (including phenoxy) is 2. The summed E-state index contributed by atoms with van der Waals surface area (Å²) in [6.45, 7) is 2.66. The van der Waals surface area contributed by atoms with E-state index < -0.39 is 0 Å². The van der Waals surface area contributed by atoms with Crippen molar-refractivity contribution in [1.82, 2.24) is 10.3 Å². The van der Waals surface area contributed by atoms with Crippen LogP contribution in [0.3, 0.4) is 0 Å². The Hall–Kier alpha value is -2.76. The fourth-order valence-corrected chi connectivity index (χ4v) is 2.02. The number of rotatable bonds is 7. The second-order valence-electron chi connectivity index (χ2n) is 4.88. The van der Waals surface area contributed by atoms with Crippen LogP contribution in [0.4, 0.5) is 11.5 Å². The molecule has 6 nitrogen and oxygen atoms in total. The van der Waals surface area contributed by atoms with E-state index in [1.54, 1.807) is 38.6 Å². The molecular formula is C17H21N3O3. The number of carbonyl (C=O) groups excluding carboxylic acids is 1. The average molecular weight is 315 g/mol. The van der Waals surface area contributed by atoms with Gasteiger partial charge >= 0.3 is 0 Å². The van der Waals surface area contributed by atoms with Gasteiger partial charge < -0.3 is 20.1 Å². The molecule has 0 fully saturated rings. The van der Waals surface area contributed by atoms with Crippen LogP contribution in [-0.2, 0) is 0 Å². The Kier molecular flexibility index (Phi) is 5.80. The summed E-state index contributed by atoms with van der Waals surface area (Å²) in [5.41, 5.74) is 1.30. The predicted molar refractivity (Wildman–Crippen MR) is 89.7 cm³/mol. The van der Waals surface area contributed by atoms with Gasteiger partial charge in [0, 0.05) is 24.4 Å². The van der Waals surface area contributed by atoms with E-state index in [1.165, 1.54) is 0 Å². The highest BCUT2D eigenvalue weighted by molar-refractivity contribution is 5.94. The first kappa shape index (κ1) is 16.6. The smallest absolute Gasteiger partial charge is 0.251 e. The second kappa shape index (κ2) is 8.03. The van der Waals surface area contributed by atoms with E-state index in [-0.39, 0.29) is 5.91 Å². The molecule has 0 aliphatic carbocycles. The molecule has 0 saturated carbocycles. The molecule has 0 atom stereocenters. The van der Waals surface area contributed by atoms with Gasteiger partial charge in [-0.05, 0) is 30.7 Å². The lowest BCUT2D eigenvalue weighted by Crippen LogP contribution is -2.24. The number of carbonyl (C=O) groups is 1. The van der Waals surface area contributed by atoms with Crippen molar-refractivity contribution >= 4 is 17.4 Å². The van der Waals surface area contributed by atoms with Gasteiger partial charge in [-0.25, -0.2) is 4.98 Å². The molecule has 0 unspecified atom stereocenters. The van der Waals surface area contributed by atoms with E-state index in [0.29, 0.717) is 29.4 Å². The van der Waals surface area contributed by atoms with Crippen LogP contribution >= 0.6 is 0 Å². The van der Waals surface area contributed by atoms with Gasteiger partial charge in [0.1, 0.15) is 17.3 Å². The molecule has 23 heavy (non-hydrogen) atoms. The minimum Gasteiger partial charge on any atom is -0.497 e. The van der Waals surface area contributed by atoms with E-state index in [2.05, 4.69) is 15.6 Å². The summed E-state index contributed by atoms with van der Waals surface area (Å²) in [6, 6.07) is 8.82. The Bertz CT molecular complexity index is 674. The van der Waals surface area contributed by atoms with E-state index in [1.807, 2.05) is 19.1 Å². The van der Waals surface area contributed by atoms with Gasteiger partial charge in [0.05, 0.1) is 19.9 Å². The highest BCUT2D eigenvalue weighted by Gasteiger charge is 2.09. The maximum absolute atomic E-state index is 12.0. The van der Waals surface area contributed by atoms with E-state index in [9.17, 15) is 4.79 Å². The van der Waals surface area contributed by atoms with Crippen LogP contribution in [-0.4, -0.2) is 31.7 Å². The molecule has 0 radical (unpaired) electrons. The predicted octanol–water partition coefficient (Wildman–Crippen LogP) is 2.98. The van der Waals surface area contributed by atoms with Crippen molar-refractivity contribution in [2.24, 2.45) is 0 Å². The van der Waals surface area contributed by atoms with Gasteiger partial charge in [-0.1, -0.05) is 6.92 Å². The molecule has 1 amide bonds. The van der Waals surface area contributed by atoms with Crippen molar-refractivity contribution < 1.29 is 14.3 Å². The molecule has 1 heterocycles. The third-order valence-corrected chi connectivity index (χ3v) is 3.23. The molecule has 0 aliphatic heterocycles. The summed E-state index contributed by atoms with van der Waals surface area (Å²) in [6.07, 6.45) is 2.49. The number of hydrogen-bond acceptors (Lipinski definition) is 5. The highest BCUT2D eigenvalue weighted by atomic mass is 16.5. The van der Waals surface area contributed by atoms with Gasteiger partial charge in [0.2, 0.25) is 0 Å². The number of anilines is 2. The summed E-state index contributed by atoms with van der Waals surface area (Å²) in [5, 5.41) is 6.00. The molecule has 122 valence electrons. The SMILES string of the molecule is CCCNC(=O)c1ccnc(Nc2ccc(OC)cc2OC)c1. The first-order chi connectivity index (χ1) is 11.2. The Morgan fingerprint density at radius 2 is 2.00 bits per heavy atom. The van der Waals surface area contributed by atoms with Crippen LogP contribution in [0.2, 0.25) is 0 Å². The number of methoxy groups -OCH3 is 2. The summed E-state index contributed by atoms with van der Waals surface area (Å²) in [7, 11) is 3.18. The molecule has 0 aliphatic rings. The molecule has 2 aromatic rings. The second-order valence-corrected chi connectivity index (χ2v) is 4.88. The van der Waals surface area contributed by atoms with Crippen LogP contribution in [0, 0.1) is 0 Å². The number of pyridine rings is 1. The molecular weight excluding hydrogens is 294 g/mol. The Morgan fingerprint density at radius 3 is 2.70 bits per heavy atom. The van der Waals surface area contributed by atoms with Crippen molar-refractivity contribution in [1.29, 1.82) is 0 Å². The van der Waals surface area contributed by atoms with Crippen molar-refractivity contribution in [2.45, 2.75) is 13.3 Å². The van der Waals surface area contributed by atoms with Crippen LogP contribution in [0.15, 0.2) is 36.5 Å². The number of benzene rings is 1. The summed E-state index contributed by atoms with van der Waals surface area (Å²) in [5.74, 6) is 1.79. The van der Waals surface area contributed by atoms with Gasteiger partial charge in [-0.3, -0.25) is 4.79 Å². The number of hydrogen-bond donors (Lipinski definition) is 2. The molecule has 1 aromatic carbocycles. The molecule has 2 rings (SSSR count).